The maximum Gasteiger partial charge on any atom is 0.158 e. The largest absolute Gasteiger partial charge is 0.384 e. The van der Waals surface area contributed by atoms with E-state index in [-0.39, 0.29) is 0 Å². The van der Waals surface area contributed by atoms with Crippen LogP contribution in [0.4, 0.5) is 11.6 Å². The van der Waals surface area contributed by atoms with Gasteiger partial charge < -0.3 is 20.1 Å². The smallest absolute Gasteiger partial charge is 0.158 e. The molecule has 1 saturated heterocycles. The fraction of sp³-hybridized carbons (Fsp3) is 0.692. The number of hydrogen-bond acceptors (Lipinski definition) is 6. The van der Waals surface area contributed by atoms with Crippen LogP contribution < -0.4 is 10.6 Å². The molecule has 2 rings (SSSR count). The van der Waals surface area contributed by atoms with Gasteiger partial charge in [-0.2, -0.15) is 0 Å². The number of piperidine rings is 1. The quantitative estimate of drug-likeness (QED) is 0.859. The fourth-order valence-electron chi connectivity index (χ4n) is 2.50. The monoisotopic (exact) mass is 266 g/mol. The van der Waals surface area contributed by atoms with Crippen molar-refractivity contribution in [2.75, 3.05) is 44.5 Å². The van der Waals surface area contributed by atoms with Crippen LogP contribution in [0.2, 0.25) is 0 Å². The van der Waals surface area contributed by atoms with Crippen LogP contribution in [-0.2, 0) is 16.1 Å². The number of hydrogen-bond donors (Lipinski definition) is 1. The number of anilines is 2. The van der Waals surface area contributed by atoms with Gasteiger partial charge in [-0.25, -0.2) is 9.97 Å². The summed E-state index contributed by atoms with van der Waals surface area (Å²) in [6.07, 6.45) is 2.35. The summed E-state index contributed by atoms with van der Waals surface area (Å²) in [6.45, 7) is 3.13. The molecule has 1 fully saturated rings. The Morgan fingerprint density at radius 1 is 1.37 bits per heavy atom. The summed E-state index contributed by atoms with van der Waals surface area (Å²) in [7, 11) is 3.38. The Hall–Kier alpha value is -1.40. The van der Waals surface area contributed by atoms with Crippen LogP contribution in [0.15, 0.2) is 6.07 Å². The lowest BCUT2D eigenvalue weighted by molar-refractivity contribution is 0.143. The molecule has 1 atom stereocenters. The summed E-state index contributed by atoms with van der Waals surface area (Å²) in [5, 5.41) is 0. The minimum atomic E-state index is 0.382. The van der Waals surface area contributed by atoms with Crippen molar-refractivity contribution in [1.29, 1.82) is 0 Å². The van der Waals surface area contributed by atoms with E-state index >= 15 is 0 Å². The summed E-state index contributed by atoms with van der Waals surface area (Å²) in [6, 6.07) is 1.83. The van der Waals surface area contributed by atoms with Crippen LogP contribution in [0, 0.1) is 5.92 Å². The zero-order valence-electron chi connectivity index (χ0n) is 11.6. The summed E-state index contributed by atoms with van der Waals surface area (Å²) in [5.41, 5.74) is 5.83. The molecule has 0 aromatic carbocycles. The standard InChI is InChI=1S/C13H22N4O2/c1-18-8-10-4-3-5-17(7-10)13-6-11(14)15-12(16-13)9-19-2/h6,10H,3-5,7-9H2,1-2H3,(H2,14,15,16). The maximum atomic E-state index is 5.83. The molecule has 0 saturated carbocycles. The van der Waals surface area contributed by atoms with Gasteiger partial charge in [0.25, 0.3) is 0 Å². The molecule has 2 heterocycles. The molecule has 1 aromatic heterocycles. The lowest BCUT2D eigenvalue weighted by Crippen LogP contribution is -2.37. The second kappa shape index (κ2) is 6.68. The second-order valence-electron chi connectivity index (χ2n) is 4.91. The van der Waals surface area contributed by atoms with Gasteiger partial charge in [0.05, 0.1) is 6.61 Å². The molecule has 1 aromatic rings. The third kappa shape index (κ3) is 3.78. The van der Waals surface area contributed by atoms with Crippen molar-refractivity contribution in [3.63, 3.8) is 0 Å². The highest BCUT2D eigenvalue weighted by Gasteiger charge is 2.21. The maximum absolute atomic E-state index is 5.83. The summed E-state index contributed by atoms with van der Waals surface area (Å²) in [4.78, 5) is 10.9. The predicted octanol–water partition coefficient (Wildman–Crippen LogP) is 1.07. The first-order chi connectivity index (χ1) is 9.22. The topological polar surface area (TPSA) is 73.5 Å². The Kier molecular flexibility index (Phi) is 4.93. The lowest BCUT2D eigenvalue weighted by Gasteiger charge is -2.33. The van der Waals surface area contributed by atoms with E-state index in [1.807, 2.05) is 6.07 Å². The molecule has 2 N–H and O–H groups in total. The minimum absolute atomic E-state index is 0.382. The average Bonchev–Trinajstić information content (AvgIpc) is 2.39. The molecule has 19 heavy (non-hydrogen) atoms. The van der Waals surface area contributed by atoms with Crippen LogP contribution in [0.1, 0.15) is 18.7 Å². The molecule has 0 amide bonds. The van der Waals surface area contributed by atoms with Crippen molar-refractivity contribution < 1.29 is 9.47 Å². The molecule has 1 aliphatic heterocycles. The third-order valence-electron chi connectivity index (χ3n) is 3.30. The van der Waals surface area contributed by atoms with E-state index in [1.165, 1.54) is 6.42 Å². The van der Waals surface area contributed by atoms with Gasteiger partial charge in [0.1, 0.15) is 18.2 Å². The summed E-state index contributed by atoms with van der Waals surface area (Å²) < 4.78 is 10.3. The van der Waals surface area contributed by atoms with E-state index in [1.54, 1.807) is 14.2 Å². The van der Waals surface area contributed by atoms with Crippen LogP contribution in [0.3, 0.4) is 0 Å². The Morgan fingerprint density at radius 3 is 2.95 bits per heavy atom. The van der Waals surface area contributed by atoms with Crippen LogP contribution in [0.5, 0.6) is 0 Å². The lowest BCUT2D eigenvalue weighted by atomic mass is 9.99. The first-order valence-electron chi connectivity index (χ1n) is 6.59. The first kappa shape index (κ1) is 14.0. The zero-order chi connectivity index (χ0) is 13.7. The minimum Gasteiger partial charge on any atom is -0.384 e. The summed E-state index contributed by atoms with van der Waals surface area (Å²) in [5.74, 6) is 2.57. The average molecular weight is 266 g/mol. The summed E-state index contributed by atoms with van der Waals surface area (Å²) >= 11 is 0. The number of aromatic nitrogens is 2. The Morgan fingerprint density at radius 2 is 2.21 bits per heavy atom. The van der Waals surface area contributed by atoms with E-state index in [9.17, 15) is 0 Å². The molecular weight excluding hydrogens is 244 g/mol. The Labute approximate surface area is 113 Å². The van der Waals surface area contributed by atoms with Crippen molar-refractivity contribution in [1.82, 2.24) is 9.97 Å². The highest BCUT2D eigenvalue weighted by atomic mass is 16.5. The van der Waals surface area contributed by atoms with Crippen molar-refractivity contribution >= 4 is 11.6 Å². The highest BCUT2D eigenvalue weighted by molar-refractivity contribution is 5.47. The number of nitrogen functional groups attached to an aromatic ring is 1. The van der Waals surface area contributed by atoms with Crippen LogP contribution in [0.25, 0.3) is 0 Å². The predicted molar refractivity (Wildman–Crippen MR) is 74.0 cm³/mol. The number of rotatable bonds is 5. The molecule has 0 radical (unpaired) electrons. The van der Waals surface area contributed by atoms with E-state index in [0.717, 1.165) is 31.9 Å². The molecule has 106 valence electrons. The second-order valence-corrected chi connectivity index (χ2v) is 4.91. The SMILES string of the molecule is COCc1nc(N)cc(N2CCCC(COC)C2)n1. The van der Waals surface area contributed by atoms with Gasteiger partial charge in [0.2, 0.25) is 0 Å². The molecular formula is C13H22N4O2. The van der Waals surface area contributed by atoms with Gasteiger partial charge >= 0.3 is 0 Å². The van der Waals surface area contributed by atoms with E-state index < -0.39 is 0 Å². The molecule has 0 spiro atoms. The molecule has 1 aliphatic rings. The van der Waals surface area contributed by atoms with E-state index in [0.29, 0.717) is 24.2 Å². The van der Waals surface area contributed by atoms with Gasteiger partial charge in [-0.3, -0.25) is 0 Å². The fourth-order valence-corrected chi connectivity index (χ4v) is 2.50. The van der Waals surface area contributed by atoms with Gasteiger partial charge in [0, 0.05) is 33.4 Å². The van der Waals surface area contributed by atoms with Gasteiger partial charge in [-0.15, -0.1) is 0 Å². The number of nitrogens with two attached hydrogens (primary N) is 1. The van der Waals surface area contributed by atoms with Gasteiger partial charge in [0.15, 0.2) is 5.82 Å². The van der Waals surface area contributed by atoms with Gasteiger partial charge in [-0.1, -0.05) is 0 Å². The highest BCUT2D eigenvalue weighted by Crippen LogP contribution is 2.23. The third-order valence-corrected chi connectivity index (χ3v) is 3.30. The van der Waals surface area contributed by atoms with E-state index in [4.69, 9.17) is 15.2 Å². The van der Waals surface area contributed by atoms with Crippen molar-refractivity contribution in [2.45, 2.75) is 19.4 Å². The number of ether oxygens (including phenoxy) is 2. The van der Waals surface area contributed by atoms with Crippen molar-refractivity contribution in [3.05, 3.63) is 11.9 Å². The zero-order valence-corrected chi connectivity index (χ0v) is 11.6. The molecule has 6 heteroatoms. The normalized spacial score (nSPS) is 19.7. The van der Waals surface area contributed by atoms with E-state index in [2.05, 4.69) is 14.9 Å². The van der Waals surface area contributed by atoms with Crippen LogP contribution in [-0.4, -0.2) is 43.9 Å². The molecule has 6 nitrogen and oxygen atoms in total. The number of methoxy groups -OCH3 is 2. The molecule has 0 aliphatic carbocycles. The Bertz CT molecular complexity index is 412. The van der Waals surface area contributed by atoms with Crippen molar-refractivity contribution in [3.8, 4) is 0 Å². The Balaban J connectivity index is 2.11. The number of nitrogens with zero attached hydrogens (tertiary/aromatic N) is 3. The van der Waals surface area contributed by atoms with Crippen LogP contribution >= 0.6 is 0 Å². The van der Waals surface area contributed by atoms with Crippen molar-refractivity contribution in [2.24, 2.45) is 5.92 Å². The first-order valence-corrected chi connectivity index (χ1v) is 6.59. The molecule has 0 bridgehead atoms. The molecule has 1 unspecified atom stereocenters. The van der Waals surface area contributed by atoms with Gasteiger partial charge in [-0.05, 0) is 18.8 Å².